The standard InChI is InChI=1S/C15H15F3N2O4/c1-23-11-4-2-10(3-5-11)9-20-14(22)13(15(16,17)18)12(8-19-20)24-7-6-21/h2-5,8,21H,6-7,9H2,1H3. The lowest BCUT2D eigenvalue weighted by atomic mass is 10.2. The number of halogens is 3. The minimum absolute atomic E-state index is 0.133. The maximum atomic E-state index is 13.2. The number of methoxy groups -OCH3 is 1. The molecule has 0 saturated carbocycles. The van der Waals surface area contributed by atoms with Gasteiger partial charge in [-0.2, -0.15) is 18.3 Å². The van der Waals surface area contributed by atoms with Gasteiger partial charge in [0.25, 0.3) is 5.56 Å². The highest BCUT2D eigenvalue weighted by Gasteiger charge is 2.39. The number of benzene rings is 1. The monoisotopic (exact) mass is 344 g/mol. The van der Waals surface area contributed by atoms with Crippen molar-refractivity contribution in [1.82, 2.24) is 9.78 Å². The summed E-state index contributed by atoms with van der Waals surface area (Å²) in [6.07, 6.45) is -4.07. The molecule has 1 aromatic carbocycles. The van der Waals surface area contributed by atoms with Crippen molar-refractivity contribution in [1.29, 1.82) is 0 Å². The van der Waals surface area contributed by atoms with Crippen LogP contribution < -0.4 is 15.0 Å². The molecule has 1 heterocycles. The van der Waals surface area contributed by atoms with E-state index in [1.807, 2.05) is 0 Å². The summed E-state index contributed by atoms with van der Waals surface area (Å²) in [6, 6.07) is 6.50. The second-order valence-electron chi connectivity index (χ2n) is 4.76. The number of ether oxygens (including phenoxy) is 2. The van der Waals surface area contributed by atoms with Crippen molar-refractivity contribution in [3.8, 4) is 11.5 Å². The number of hydrogen-bond donors (Lipinski definition) is 1. The molecule has 0 radical (unpaired) electrons. The molecule has 24 heavy (non-hydrogen) atoms. The van der Waals surface area contributed by atoms with Crippen molar-refractivity contribution in [3.05, 3.63) is 51.9 Å². The summed E-state index contributed by atoms with van der Waals surface area (Å²) in [4.78, 5) is 12.1. The molecule has 2 rings (SSSR count). The molecule has 6 nitrogen and oxygen atoms in total. The quantitative estimate of drug-likeness (QED) is 0.863. The van der Waals surface area contributed by atoms with E-state index in [2.05, 4.69) is 5.10 Å². The highest BCUT2D eigenvalue weighted by Crippen LogP contribution is 2.33. The topological polar surface area (TPSA) is 73.6 Å². The van der Waals surface area contributed by atoms with E-state index in [9.17, 15) is 18.0 Å². The summed E-state index contributed by atoms with van der Waals surface area (Å²) in [5.74, 6) is -0.115. The Morgan fingerprint density at radius 1 is 1.25 bits per heavy atom. The average molecular weight is 344 g/mol. The van der Waals surface area contributed by atoms with Gasteiger partial charge in [0.1, 0.15) is 12.4 Å². The van der Waals surface area contributed by atoms with Gasteiger partial charge in [0.15, 0.2) is 11.3 Å². The first kappa shape index (κ1) is 17.8. The Morgan fingerprint density at radius 2 is 1.92 bits per heavy atom. The highest BCUT2D eigenvalue weighted by molar-refractivity contribution is 5.32. The maximum Gasteiger partial charge on any atom is 0.425 e. The Labute approximate surface area is 135 Å². The fourth-order valence-corrected chi connectivity index (χ4v) is 2.02. The van der Waals surface area contributed by atoms with Crippen LogP contribution in [-0.2, 0) is 12.7 Å². The Bertz CT molecular complexity index is 742. The highest BCUT2D eigenvalue weighted by atomic mass is 19.4. The molecule has 0 amide bonds. The molecule has 9 heteroatoms. The first-order chi connectivity index (χ1) is 11.4. The summed E-state index contributed by atoms with van der Waals surface area (Å²) in [6.45, 7) is -0.981. The van der Waals surface area contributed by atoms with E-state index in [0.29, 0.717) is 16.0 Å². The summed E-state index contributed by atoms with van der Waals surface area (Å²) in [7, 11) is 1.49. The number of aliphatic hydroxyl groups is 1. The van der Waals surface area contributed by atoms with Crippen LogP contribution in [0.1, 0.15) is 11.1 Å². The van der Waals surface area contributed by atoms with Gasteiger partial charge in [-0.25, -0.2) is 4.68 Å². The van der Waals surface area contributed by atoms with Gasteiger partial charge in [0.05, 0.1) is 26.5 Å². The molecular weight excluding hydrogens is 329 g/mol. The zero-order valence-electron chi connectivity index (χ0n) is 12.7. The minimum atomic E-state index is -4.90. The van der Waals surface area contributed by atoms with Crippen LogP contribution in [-0.4, -0.2) is 35.2 Å². The Balaban J connectivity index is 2.38. The van der Waals surface area contributed by atoms with Gasteiger partial charge in [0.2, 0.25) is 0 Å². The molecule has 0 fully saturated rings. The predicted octanol–water partition coefficient (Wildman–Crippen LogP) is 1.69. The van der Waals surface area contributed by atoms with Crippen LogP contribution in [0.15, 0.2) is 35.3 Å². The summed E-state index contributed by atoms with van der Waals surface area (Å²) in [5.41, 5.74) is -2.17. The number of hydrogen-bond acceptors (Lipinski definition) is 5. The number of aromatic nitrogens is 2. The zero-order valence-corrected chi connectivity index (χ0v) is 12.7. The van der Waals surface area contributed by atoms with E-state index in [1.54, 1.807) is 24.3 Å². The van der Waals surface area contributed by atoms with E-state index < -0.39 is 29.7 Å². The molecule has 130 valence electrons. The van der Waals surface area contributed by atoms with Gasteiger partial charge in [0, 0.05) is 0 Å². The lowest BCUT2D eigenvalue weighted by molar-refractivity contribution is -0.140. The predicted molar refractivity (Wildman–Crippen MR) is 78.2 cm³/mol. The molecule has 1 aromatic heterocycles. The van der Waals surface area contributed by atoms with E-state index in [-0.39, 0.29) is 13.2 Å². The van der Waals surface area contributed by atoms with Crippen LogP contribution in [0.5, 0.6) is 11.5 Å². The molecule has 1 N–H and O–H groups in total. The normalized spacial score (nSPS) is 11.4. The van der Waals surface area contributed by atoms with Crippen molar-refractivity contribution >= 4 is 0 Å². The summed E-state index contributed by atoms with van der Waals surface area (Å²) >= 11 is 0. The van der Waals surface area contributed by atoms with Crippen molar-refractivity contribution in [3.63, 3.8) is 0 Å². The van der Waals surface area contributed by atoms with Crippen molar-refractivity contribution in [2.24, 2.45) is 0 Å². The van der Waals surface area contributed by atoms with Gasteiger partial charge in [-0.05, 0) is 17.7 Å². The lowest BCUT2D eigenvalue weighted by Gasteiger charge is -2.14. The zero-order chi connectivity index (χ0) is 17.7. The molecule has 0 spiro atoms. The van der Waals surface area contributed by atoms with Crippen LogP contribution in [0.2, 0.25) is 0 Å². The van der Waals surface area contributed by atoms with Gasteiger partial charge in [-0.15, -0.1) is 0 Å². The second-order valence-corrected chi connectivity index (χ2v) is 4.76. The minimum Gasteiger partial charge on any atom is -0.497 e. The Hall–Kier alpha value is -2.55. The van der Waals surface area contributed by atoms with Gasteiger partial charge >= 0.3 is 6.18 Å². The number of alkyl halides is 3. The van der Waals surface area contributed by atoms with Gasteiger partial charge in [-0.1, -0.05) is 12.1 Å². The molecule has 0 aliphatic carbocycles. The fourth-order valence-electron chi connectivity index (χ4n) is 2.02. The van der Waals surface area contributed by atoms with Gasteiger partial charge in [-0.3, -0.25) is 4.79 Å². The second kappa shape index (κ2) is 7.35. The Morgan fingerprint density at radius 3 is 2.46 bits per heavy atom. The van der Waals surface area contributed by atoms with Crippen LogP contribution in [0.3, 0.4) is 0 Å². The van der Waals surface area contributed by atoms with E-state index in [4.69, 9.17) is 14.6 Å². The van der Waals surface area contributed by atoms with E-state index >= 15 is 0 Å². The third-order valence-electron chi connectivity index (χ3n) is 3.13. The van der Waals surface area contributed by atoms with Crippen molar-refractivity contribution in [2.45, 2.75) is 12.7 Å². The summed E-state index contributed by atoms with van der Waals surface area (Å²) < 4.78 is 49.9. The fraction of sp³-hybridized carbons (Fsp3) is 0.333. The van der Waals surface area contributed by atoms with Crippen molar-refractivity contribution < 1.29 is 27.8 Å². The number of rotatable bonds is 6. The number of nitrogens with zero attached hydrogens (tertiary/aromatic N) is 2. The average Bonchev–Trinajstić information content (AvgIpc) is 2.54. The van der Waals surface area contributed by atoms with Crippen molar-refractivity contribution in [2.75, 3.05) is 20.3 Å². The van der Waals surface area contributed by atoms with Gasteiger partial charge < -0.3 is 14.6 Å². The molecular formula is C15H15F3N2O4. The van der Waals surface area contributed by atoms with Crippen LogP contribution in [0, 0.1) is 0 Å². The van der Waals surface area contributed by atoms with E-state index in [1.165, 1.54) is 7.11 Å². The molecule has 0 aliphatic heterocycles. The number of aliphatic hydroxyl groups excluding tert-OH is 1. The van der Waals surface area contributed by atoms with Crippen LogP contribution >= 0.6 is 0 Å². The molecule has 0 aliphatic rings. The smallest absolute Gasteiger partial charge is 0.425 e. The SMILES string of the molecule is COc1ccc(Cn2ncc(OCCO)c(C(F)(F)F)c2=O)cc1. The first-order valence-corrected chi connectivity index (χ1v) is 6.90. The molecule has 0 atom stereocenters. The molecule has 0 bridgehead atoms. The third-order valence-corrected chi connectivity index (χ3v) is 3.13. The summed E-state index contributed by atoms with van der Waals surface area (Å²) in [5, 5.41) is 12.4. The molecule has 2 aromatic rings. The van der Waals surface area contributed by atoms with Crippen LogP contribution in [0.25, 0.3) is 0 Å². The maximum absolute atomic E-state index is 13.2. The third kappa shape index (κ3) is 4.05. The first-order valence-electron chi connectivity index (χ1n) is 6.90. The Kier molecular flexibility index (Phi) is 5.45. The van der Waals surface area contributed by atoms with E-state index in [0.717, 1.165) is 6.20 Å². The lowest BCUT2D eigenvalue weighted by Crippen LogP contribution is -2.31. The molecule has 0 unspecified atom stereocenters. The van der Waals surface area contributed by atoms with Crippen LogP contribution in [0.4, 0.5) is 13.2 Å². The largest absolute Gasteiger partial charge is 0.497 e. The molecule has 0 saturated heterocycles.